The van der Waals surface area contributed by atoms with E-state index in [1.807, 2.05) is 4.90 Å². The van der Waals surface area contributed by atoms with Gasteiger partial charge in [0.05, 0.1) is 6.26 Å². The average Bonchev–Trinajstić information content (AvgIpc) is 2.67. The molecule has 0 spiro atoms. The van der Waals surface area contributed by atoms with Crippen LogP contribution in [0.3, 0.4) is 0 Å². The summed E-state index contributed by atoms with van der Waals surface area (Å²) in [7, 11) is 0. The molecule has 0 saturated carbocycles. The van der Waals surface area contributed by atoms with Crippen LogP contribution < -0.4 is 5.32 Å². The van der Waals surface area contributed by atoms with Gasteiger partial charge in [-0.25, -0.2) is 4.79 Å². The van der Waals surface area contributed by atoms with Gasteiger partial charge in [0.1, 0.15) is 0 Å². The lowest BCUT2D eigenvalue weighted by Gasteiger charge is -2.26. The summed E-state index contributed by atoms with van der Waals surface area (Å²) >= 11 is 0. The number of carbonyl (C=O) groups excluding carboxylic acids is 1. The van der Waals surface area contributed by atoms with E-state index in [4.69, 9.17) is 4.42 Å². The van der Waals surface area contributed by atoms with Crippen LogP contribution in [0, 0.1) is 11.8 Å². The Hall–Kier alpha value is -1.45. The SMILES string of the molecule is CC(C)CN(CC(C)C)C(=O)Nc1ccco1. The van der Waals surface area contributed by atoms with Crippen molar-refractivity contribution in [1.82, 2.24) is 4.90 Å². The highest BCUT2D eigenvalue weighted by Crippen LogP contribution is 2.10. The van der Waals surface area contributed by atoms with Gasteiger partial charge in [-0.15, -0.1) is 0 Å². The molecule has 17 heavy (non-hydrogen) atoms. The molecule has 0 aliphatic carbocycles. The molecule has 0 aliphatic heterocycles. The maximum absolute atomic E-state index is 12.0. The van der Waals surface area contributed by atoms with Gasteiger partial charge in [0.2, 0.25) is 5.88 Å². The summed E-state index contributed by atoms with van der Waals surface area (Å²) in [4.78, 5) is 13.9. The molecule has 1 heterocycles. The van der Waals surface area contributed by atoms with Crippen LogP contribution in [0.2, 0.25) is 0 Å². The van der Waals surface area contributed by atoms with Crippen LogP contribution in [0.1, 0.15) is 27.7 Å². The molecule has 0 radical (unpaired) electrons. The molecule has 0 aromatic carbocycles. The molecule has 96 valence electrons. The fourth-order valence-electron chi connectivity index (χ4n) is 1.66. The second-order valence-electron chi connectivity index (χ2n) is 5.10. The highest BCUT2D eigenvalue weighted by Gasteiger charge is 2.16. The lowest BCUT2D eigenvalue weighted by molar-refractivity contribution is 0.196. The molecule has 0 atom stereocenters. The van der Waals surface area contributed by atoms with Gasteiger partial charge in [0, 0.05) is 19.2 Å². The summed E-state index contributed by atoms with van der Waals surface area (Å²) in [6.45, 7) is 9.93. The van der Waals surface area contributed by atoms with Crippen LogP contribution >= 0.6 is 0 Å². The molecule has 0 saturated heterocycles. The van der Waals surface area contributed by atoms with E-state index in [0.29, 0.717) is 17.7 Å². The number of carbonyl (C=O) groups is 1. The summed E-state index contributed by atoms with van der Waals surface area (Å²) in [6.07, 6.45) is 1.55. The topological polar surface area (TPSA) is 45.5 Å². The molecule has 0 unspecified atom stereocenters. The summed E-state index contributed by atoms with van der Waals surface area (Å²) in [5.74, 6) is 1.40. The Kier molecular flexibility index (Phi) is 5.07. The van der Waals surface area contributed by atoms with Crippen molar-refractivity contribution in [3.63, 3.8) is 0 Å². The van der Waals surface area contributed by atoms with Gasteiger partial charge >= 0.3 is 6.03 Å². The number of rotatable bonds is 5. The molecule has 1 aromatic rings. The van der Waals surface area contributed by atoms with Crippen molar-refractivity contribution >= 4 is 11.9 Å². The molecule has 1 N–H and O–H groups in total. The van der Waals surface area contributed by atoms with Crippen molar-refractivity contribution in [1.29, 1.82) is 0 Å². The minimum absolute atomic E-state index is 0.0950. The van der Waals surface area contributed by atoms with E-state index in [-0.39, 0.29) is 6.03 Å². The molecule has 4 nitrogen and oxygen atoms in total. The second kappa shape index (κ2) is 6.33. The minimum atomic E-state index is -0.0950. The van der Waals surface area contributed by atoms with E-state index in [9.17, 15) is 4.79 Å². The van der Waals surface area contributed by atoms with Gasteiger partial charge in [0.25, 0.3) is 0 Å². The standard InChI is InChI=1S/C13H22N2O2/c1-10(2)8-15(9-11(3)4)13(16)14-12-6-5-7-17-12/h5-7,10-11H,8-9H2,1-4H3,(H,14,16). The largest absolute Gasteiger partial charge is 0.449 e. The normalized spacial score (nSPS) is 10.9. The number of anilines is 1. The Balaban J connectivity index is 2.58. The zero-order valence-electron chi connectivity index (χ0n) is 11.1. The van der Waals surface area contributed by atoms with Gasteiger partial charge in [-0.1, -0.05) is 27.7 Å². The zero-order chi connectivity index (χ0) is 12.8. The first-order valence-corrected chi connectivity index (χ1v) is 6.08. The van der Waals surface area contributed by atoms with E-state index in [1.165, 1.54) is 0 Å². The fourth-order valence-corrected chi connectivity index (χ4v) is 1.66. The average molecular weight is 238 g/mol. The van der Waals surface area contributed by atoms with Crippen LogP contribution in [0.15, 0.2) is 22.8 Å². The number of hydrogen-bond acceptors (Lipinski definition) is 2. The van der Waals surface area contributed by atoms with E-state index < -0.39 is 0 Å². The van der Waals surface area contributed by atoms with Crippen molar-refractivity contribution in [3.05, 3.63) is 18.4 Å². The number of nitrogens with zero attached hydrogens (tertiary/aromatic N) is 1. The predicted octanol–water partition coefficient (Wildman–Crippen LogP) is 3.43. The fraction of sp³-hybridized carbons (Fsp3) is 0.615. The smallest absolute Gasteiger partial charge is 0.324 e. The lowest BCUT2D eigenvalue weighted by Crippen LogP contribution is -2.39. The first-order chi connectivity index (χ1) is 7.99. The number of urea groups is 1. The third kappa shape index (κ3) is 4.93. The lowest BCUT2D eigenvalue weighted by atomic mass is 10.1. The minimum Gasteiger partial charge on any atom is -0.449 e. The van der Waals surface area contributed by atoms with Crippen LogP contribution in [-0.2, 0) is 0 Å². The number of amides is 2. The quantitative estimate of drug-likeness (QED) is 0.854. The highest BCUT2D eigenvalue weighted by atomic mass is 16.3. The van der Waals surface area contributed by atoms with E-state index >= 15 is 0 Å². The van der Waals surface area contributed by atoms with Crippen molar-refractivity contribution in [3.8, 4) is 0 Å². The Bertz CT molecular complexity index is 321. The van der Waals surface area contributed by atoms with Gasteiger partial charge in [-0.2, -0.15) is 0 Å². The van der Waals surface area contributed by atoms with Crippen molar-refractivity contribution < 1.29 is 9.21 Å². The van der Waals surface area contributed by atoms with Gasteiger partial charge in [-0.05, 0) is 17.9 Å². The van der Waals surface area contributed by atoms with Crippen molar-refractivity contribution in [2.24, 2.45) is 11.8 Å². The van der Waals surface area contributed by atoms with Crippen molar-refractivity contribution in [2.45, 2.75) is 27.7 Å². The summed E-state index contributed by atoms with van der Waals surface area (Å²) < 4.78 is 5.11. The third-order valence-electron chi connectivity index (χ3n) is 2.21. The molecule has 1 rings (SSSR count). The molecule has 4 heteroatoms. The molecule has 0 bridgehead atoms. The van der Waals surface area contributed by atoms with Crippen LogP contribution in [0.4, 0.5) is 10.7 Å². The third-order valence-corrected chi connectivity index (χ3v) is 2.21. The van der Waals surface area contributed by atoms with E-state index in [2.05, 4.69) is 33.0 Å². The zero-order valence-corrected chi connectivity index (χ0v) is 11.1. The first kappa shape index (κ1) is 13.6. The van der Waals surface area contributed by atoms with Crippen LogP contribution in [-0.4, -0.2) is 24.0 Å². The maximum atomic E-state index is 12.0. The molecular formula is C13H22N2O2. The predicted molar refractivity (Wildman–Crippen MR) is 69.0 cm³/mol. The molecular weight excluding hydrogens is 216 g/mol. The summed E-state index contributed by atoms with van der Waals surface area (Å²) in [5, 5.41) is 2.75. The van der Waals surface area contributed by atoms with Gasteiger partial charge < -0.3 is 9.32 Å². The van der Waals surface area contributed by atoms with Crippen molar-refractivity contribution in [2.75, 3.05) is 18.4 Å². The van der Waals surface area contributed by atoms with Gasteiger partial charge in [-0.3, -0.25) is 5.32 Å². The monoisotopic (exact) mass is 238 g/mol. The number of hydrogen-bond donors (Lipinski definition) is 1. The molecule has 1 aromatic heterocycles. The summed E-state index contributed by atoms with van der Waals surface area (Å²) in [6, 6.07) is 3.40. The van der Waals surface area contributed by atoms with Crippen LogP contribution in [0.25, 0.3) is 0 Å². The Morgan fingerprint density at radius 2 is 1.88 bits per heavy atom. The molecule has 0 fully saturated rings. The summed E-state index contributed by atoms with van der Waals surface area (Å²) in [5.41, 5.74) is 0. The number of nitrogens with one attached hydrogen (secondary N) is 1. The first-order valence-electron chi connectivity index (χ1n) is 6.08. The number of furan rings is 1. The van der Waals surface area contributed by atoms with Crippen LogP contribution in [0.5, 0.6) is 0 Å². The van der Waals surface area contributed by atoms with Gasteiger partial charge in [0.15, 0.2) is 0 Å². The van der Waals surface area contributed by atoms with E-state index in [0.717, 1.165) is 13.1 Å². The Morgan fingerprint density at radius 1 is 1.29 bits per heavy atom. The highest BCUT2D eigenvalue weighted by molar-refractivity contribution is 5.87. The molecule has 2 amide bonds. The molecule has 0 aliphatic rings. The second-order valence-corrected chi connectivity index (χ2v) is 5.10. The Morgan fingerprint density at radius 3 is 2.29 bits per heavy atom. The van der Waals surface area contributed by atoms with E-state index in [1.54, 1.807) is 18.4 Å². The maximum Gasteiger partial charge on any atom is 0.324 e. The Labute approximate surface area is 103 Å².